The molecule has 0 saturated carbocycles. The third-order valence-corrected chi connectivity index (χ3v) is 6.45. The van der Waals surface area contributed by atoms with Crippen LogP contribution in [-0.4, -0.2) is 19.5 Å². The van der Waals surface area contributed by atoms with E-state index in [0.29, 0.717) is 32.3 Å². The summed E-state index contributed by atoms with van der Waals surface area (Å²) in [5, 5.41) is 1.63. The van der Waals surface area contributed by atoms with Crippen molar-refractivity contribution < 1.29 is 4.79 Å². The number of aryl methyl sites for hydroxylation is 2. The summed E-state index contributed by atoms with van der Waals surface area (Å²) in [7, 11) is 1.78. The molecule has 0 bridgehead atoms. The Bertz CT molecular complexity index is 1730. The highest BCUT2D eigenvalue weighted by atomic mass is 35.5. The Labute approximate surface area is 204 Å². The van der Waals surface area contributed by atoms with E-state index in [1.165, 1.54) is 4.57 Å². The summed E-state index contributed by atoms with van der Waals surface area (Å²) >= 11 is 12.1. The third-order valence-electron chi connectivity index (χ3n) is 5.96. The fourth-order valence-electron chi connectivity index (χ4n) is 4.33. The van der Waals surface area contributed by atoms with Gasteiger partial charge in [-0.05, 0) is 61.5 Å². The molecule has 0 N–H and O–H groups in total. The summed E-state index contributed by atoms with van der Waals surface area (Å²) in [5.41, 5.74) is 2.17. The third kappa shape index (κ3) is 3.56. The number of benzene rings is 3. The van der Waals surface area contributed by atoms with Crippen LogP contribution in [0.4, 0.5) is 0 Å². The van der Waals surface area contributed by atoms with E-state index < -0.39 is 11.2 Å². The number of fused-ring (bicyclic) bond motifs is 3. The first-order valence-electron chi connectivity index (χ1n) is 10.6. The number of hydrogen-bond acceptors (Lipinski definition) is 3. The first-order chi connectivity index (χ1) is 16.3. The maximum absolute atomic E-state index is 13.8. The highest BCUT2D eigenvalue weighted by Gasteiger charge is 2.23. The highest BCUT2D eigenvalue weighted by molar-refractivity contribution is 6.31. The zero-order valence-electron chi connectivity index (χ0n) is 18.4. The molecule has 0 aliphatic rings. The first kappa shape index (κ1) is 22.2. The number of carbonyl (C=O) groups is 1. The fraction of sp³-hybridized carbons (Fsp3) is 0.115. The number of rotatable bonds is 4. The number of Topliss-reactive ketones (excluding diaryl/α,β-unsaturated/α-hetero) is 1. The van der Waals surface area contributed by atoms with E-state index in [2.05, 4.69) is 0 Å². The Kier molecular flexibility index (Phi) is 5.42. The van der Waals surface area contributed by atoms with Crippen molar-refractivity contribution in [1.29, 1.82) is 0 Å². The molecular weight excluding hydrogens is 473 g/mol. The van der Waals surface area contributed by atoms with E-state index in [4.69, 9.17) is 23.2 Å². The van der Waals surface area contributed by atoms with E-state index in [1.807, 2.05) is 25.1 Å². The lowest BCUT2D eigenvalue weighted by Gasteiger charge is -2.13. The Morgan fingerprint density at radius 2 is 1.62 bits per heavy atom. The van der Waals surface area contributed by atoms with Gasteiger partial charge in [-0.3, -0.25) is 14.2 Å². The van der Waals surface area contributed by atoms with Gasteiger partial charge >= 0.3 is 5.69 Å². The normalized spacial score (nSPS) is 11.4. The second kappa shape index (κ2) is 8.31. The monoisotopic (exact) mass is 491 g/mol. The maximum atomic E-state index is 13.8. The second-order valence-electron chi connectivity index (χ2n) is 8.20. The van der Waals surface area contributed by atoms with E-state index in [-0.39, 0.29) is 12.3 Å². The van der Waals surface area contributed by atoms with Gasteiger partial charge in [0.05, 0.1) is 23.3 Å². The van der Waals surface area contributed by atoms with Crippen LogP contribution < -0.4 is 11.2 Å². The zero-order chi connectivity index (χ0) is 24.1. The summed E-state index contributed by atoms with van der Waals surface area (Å²) in [5.74, 6) is -0.277. The number of halogens is 2. The molecule has 34 heavy (non-hydrogen) atoms. The molecule has 2 heterocycles. The molecule has 0 radical (unpaired) electrons. The van der Waals surface area contributed by atoms with Gasteiger partial charge in [-0.15, -0.1) is 0 Å². The van der Waals surface area contributed by atoms with Crippen LogP contribution in [0.15, 0.2) is 76.3 Å². The summed E-state index contributed by atoms with van der Waals surface area (Å²) in [4.78, 5) is 40.6. The van der Waals surface area contributed by atoms with Crippen LogP contribution in [0.3, 0.4) is 0 Å². The lowest BCUT2D eigenvalue weighted by Crippen LogP contribution is -2.40. The minimum Gasteiger partial charge on any atom is -0.338 e. The summed E-state index contributed by atoms with van der Waals surface area (Å²) in [6.45, 7) is 1.69. The van der Waals surface area contributed by atoms with Crippen LogP contribution >= 0.6 is 23.2 Å². The van der Waals surface area contributed by atoms with Crippen LogP contribution in [0.2, 0.25) is 10.0 Å². The number of aromatic nitrogens is 3. The molecule has 6 nitrogen and oxygen atoms in total. The lowest BCUT2D eigenvalue weighted by atomic mass is 10.1. The van der Waals surface area contributed by atoms with Crippen molar-refractivity contribution in [2.45, 2.75) is 13.5 Å². The predicted molar refractivity (Wildman–Crippen MR) is 136 cm³/mol. The van der Waals surface area contributed by atoms with Gasteiger partial charge in [-0.2, -0.15) is 0 Å². The summed E-state index contributed by atoms with van der Waals surface area (Å²) in [6, 6.07) is 18.8. The molecule has 170 valence electrons. The highest BCUT2D eigenvalue weighted by Crippen LogP contribution is 2.27. The van der Waals surface area contributed by atoms with Gasteiger partial charge in [0.25, 0.3) is 5.56 Å². The number of ketones is 1. The van der Waals surface area contributed by atoms with Gasteiger partial charge in [0.1, 0.15) is 5.52 Å². The predicted octanol–water partition coefficient (Wildman–Crippen LogP) is 5.14. The summed E-state index contributed by atoms with van der Waals surface area (Å²) in [6.07, 6.45) is 0. The Balaban J connectivity index is 1.87. The van der Waals surface area contributed by atoms with Gasteiger partial charge in [-0.1, -0.05) is 40.9 Å². The van der Waals surface area contributed by atoms with Gasteiger partial charge in [0.2, 0.25) is 0 Å². The average Bonchev–Trinajstić information content (AvgIpc) is 3.09. The molecule has 0 atom stereocenters. The molecule has 8 heteroatoms. The van der Waals surface area contributed by atoms with Crippen molar-refractivity contribution in [3.63, 3.8) is 0 Å². The molecule has 5 aromatic rings. The van der Waals surface area contributed by atoms with E-state index in [9.17, 15) is 14.4 Å². The SMILES string of the molecule is Cc1ccc2c(c1)c1c(c(=O)n(-c3cccc(Cl)c3)c(=O)n1CC(=O)c1ccc(Cl)cc1)n2C. The smallest absolute Gasteiger partial charge is 0.336 e. The number of hydrogen-bond donors (Lipinski definition) is 0. The van der Waals surface area contributed by atoms with Crippen molar-refractivity contribution in [3.05, 3.63) is 109 Å². The Morgan fingerprint density at radius 1 is 0.882 bits per heavy atom. The van der Waals surface area contributed by atoms with Gasteiger partial charge in [-0.25, -0.2) is 9.36 Å². The molecule has 0 spiro atoms. The molecule has 0 aliphatic heterocycles. The van der Waals surface area contributed by atoms with Gasteiger partial charge in [0.15, 0.2) is 5.78 Å². The molecular formula is C26H19Cl2N3O3. The molecule has 5 rings (SSSR count). The first-order valence-corrected chi connectivity index (χ1v) is 11.3. The Hall–Kier alpha value is -3.61. The van der Waals surface area contributed by atoms with Gasteiger partial charge in [0, 0.05) is 28.0 Å². The van der Waals surface area contributed by atoms with Crippen molar-refractivity contribution >= 4 is 50.9 Å². The minimum absolute atomic E-state index is 0.245. The zero-order valence-corrected chi connectivity index (χ0v) is 19.9. The van der Waals surface area contributed by atoms with E-state index >= 15 is 0 Å². The Morgan fingerprint density at radius 3 is 2.32 bits per heavy atom. The van der Waals surface area contributed by atoms with Crippen molar-refractivity contribution in [2.75, 3.05) is 0 Å². The molecule has 3 aromatic carbocycles. The largest absolute Gasteiger partial charge is 0.338 e. The van der Waals surface area contributed by atoms with Crippen LogP contribution in [0.25, 0.3) is 27.6 Å². The van der Waals surface area contributed by atoms with Crippen LogP contribution in [0, 0.1) is 6.92 Å². The van der Waals surface area contributed by atoms with Crippen molar-refractivity contribution in [1.82, 2.24) is 13.7 Å². The van der Waals surface area contributed by atoms with E-state index in [1.54, 1.807) is 60.1 Å². The molecule has 0 aliphatic carbocycles. The van der Waals surface area contributed by atoms with Gasteiger partial charge < -0.3 is 4.57 Å². The average molecular weight is 492 g/mol. The summed E-state index contributed by atoms with van der Waals surface area (Å²) < 4.78 is 4.20. The fourth-order valence-corrected chi connectivity index (χ4v) is 4.64. The molecule has 0 fully saturated rings. The van der Waals surface area contributed by atoms with Crippen LogP contribution in [0.1, 0.15) is 15.9 Å². The van der Waals surface area contributed by atoms with Crippen LogP contribution in [-0.2, 0) is 13.6 Å². The second-order valence-corrected chi connectivity index (χ2v) is 9.07. The number of carbonyl (C=O) groups excluding carboxylic acids is 1. The molecule has 0 saturated heterocycles. The standard InChI is InChI=1S/C26H19Cl2N3O3/c1-15-6-11-21-20(12-15)23-24(29(21)2)25(33)31(19-5-3-4-18(28)13-19)26(34)30(23)14-22(32)16-7-9-17(27)10-8-16/h3-13H,14H2,1-2H3. The van der Waals surface area contributed by atoms with Crippen molar-refractivity contribution in [2.24, 2.45) is 7.05 Å². The molecule has 0 amide bonds. The lowest BCUT2D eigenvalue weighted by molar-refractivity contribution is 0.0971. The number of nitrogens with zero attached hydrogens (tertiary/aromatic N) is 3. The molecule has 0 unspecified atom stereocenters. The minimum atomic E-state index is -0.615. The topological polar surface area (TPSA) is 66.0 Å². The van der Waals surface area contributed by atoms with E-state index in [0.717, 1.165) is 21.0 Å². The van der Waals surface area contributed by atoms with Crippen molar-refractivity contribution in [3.8, 4) is 5.69 Å². The quantitative estimate of drug-likeness (QED) is 0.327. The van der Waals surface area contributed by atoms with Crippen LogP contribution in [0.5, 0.6) is 0 Å². The maximum Gasteiger partial charge on any atom is 0.336 e. The molecule has 2 aromatic heterocycles.